The van der Waals surface area contributed by atoms with Crippen LogP contribution in [0.15, 0.2) is 0 Å². The zero-order chi connectivity index (χ0) is 68.0. The minimum atomic E-state index is -0.387. The number of thiazole rings is 7. The van der Waals surface area contributed by atoms with E-state index in [-0.39, 0.29) is 125 Å². The molecule has 0 bridgehead atoms. The minimum absolute atomic E-state index is 0. The Labute approximate surface area is 625 Å². The maximum atomic E-state index is 11.7. The first-order chi connectivity index (χ1) is 44.1. The summed E-state index contributed by atoms with van der Waals surface area (Å²) in [4.78, 5) is 124. The van der Waals surface area contributed by atoms with Crippen LogP contribution in [0.25, 0.3) is 16.0 Å². The van der Waals surface area contributed by atoms with Gasteiger partial charge < -0.3 is 49.9 Å². The summed E-state index contributed by atoms with van der Waals surface area (Å²) < 4.78 is 0. The molecule has 27 nitrogen and oxygen atoms in total. The van der Waals surface area contributed by atoms with E-state index in [9.17, 15) is 33.6 Å². The number of amides is 6. The first-order valence-corrected chi connectivity index (χ1v) is 35.9. The van der Waals surface area contributed by atoms with Crippen LogP contribution in [-0.4, -0.2) is 121 Å². The molecule has 6 amide bonds. The van der Waals surface area contributed by atoms with Gasteiger partial charge in [0.1, 0.15) is 40.6 Å². The number of aryl methyl sites for hydroxylation is 14. The Kier molecular flexibility index (Phi) is 37.0. The summed E-state index contributed by atoms with van der Waals surface area (Å²) in [5.41, 5.74) is 37.0. The van der Waals surface area contributed by atoms with Crippen LogP contribution in [0, 0.1) is 48.5 Å². The number of ketones is 1. The van der Waals surface area contributed by atoms with Gasteiger partial charge in [-0.3, -0.25) is 53.2 Å². The van der Waals surface area contributed by atoms with Crippen molar-refractivity contribution in [2.24, 2.45) is 22.9 Å². The van der Waals surface area contributed by atoms with Crippen molar-refractivity contribution in [1.29, 1.82) is 0 Å². The molecule has 13 heterocycles. The Morgan fingerprint density at radius 2 is 0.684 bits per heavy atom. The van der Waals surface area contributed by atoms with Crippen molar-refractivity contribution < 1.29 is 63.1 Å². The van der Waals surface area contributed by atoms with Crippen LogP contribution >= 0.6 is 79.4 Å². The third-order valence-electron chi connectivity index (χ3n) is 15.0. The Morgan fingerprint density at radius 1 is 0.388 bits per heavy atom. The second-order valence-electron chi connectivity index (χ2n) is 22.4. The summed E-state index contributed by atoms with van der Waals surface area (Å²) in [5, 5.41) is 15.3. The number of aromatic nitrogens is 7. The van der Waals surface area contributed by atoms with Crippen molar-refractivity contribution in [2.75, 3.05) is 51.8 Å². The van der Waals surface area contributed by atoms with Gasteiger partial charge in [-0.05, 0) is 138 Å². The van der Waals surface area contributed by atoms with Gasteiger partial charge in [0.05, 0.1) is 59.2 Å². The van der Waals surface area contributed by atoms with Crippen molar-refractivity contribution in [1.82, 2.24) is 34.9 Å². The number of carbonyl (C=O) groups excluding carboxylic acids is 7. The number of nitrogens with two attached hydrogens (primary N) is 4. The monoisotopic (exact) mass is 1490 g/mol. The predicted molar refractivity (Wildman–Crippen MR) is 399 cm³/mol. The van der Waals surface area contributed by atoms with Crippen molar-refractivity contribution in [3.63, 3.8) is 0 Å². The summed E-state index contributed by atoms with van der Waals surface area (Å²) in [5.74, 6) is 4.89. The molecule has 11 N–H and O–H groups in total. The number of fused-ring (bicyclic) bond motifs is 7. The fourth-order valence-electron chi connectivity index (χ4n) is 10.3. The molecule has 7 aliphatic rings. The van der Waals surface area contributed by atoms with Gasteiger partial charge in [0.25, 0.3) is 0 Å². The van der Waals surface area contributed by atoms with Gasteiger partial charge in [0, 0.05) is 74.5 Å². The topological polar surface area (TPSA) is 418 Å². The molecule has 0 saturated carbocycles. The molecule has 0 spiro atoms. The van der Waals surface area contributed by atoms with Crippen LogP contribution in [0.3, 0.4) is 0 Å². The van der Waals surface area contributed by atoms with E-state index >= 15 is 0 Å². The Morgan fingerprint density at radius 3 is 1.11 bits per heavy atom. The second kappa shape index (κ2) is 41.1. The number of nitrogens with zero attached hydrogens (tertiary/aromatic N) is 13. The van der Waals surface area contributed by atoms with Crippen LogP contribution < -0.4 is 83.1 Å². The molecule has 0 saturated heterocycles. The fraction of sp³-hybridized carbons (Fsp3) is 0.556. The van der Waals surface area contributed by atoms with Gasteiger partial charge in [-0.1, -0.05) is 29.7 Å². The molecule has 7 aromatic rings. The number of Topliss-reactive ketones (excluding diaryl/α,β-unsaturated/α-hetero) is 1. The summed E-state index contributed by atoms with van der Waals surface area (Å²) >= 11 is 11.6. The molecule has 1 aliphatic carbocycles. The first kappa shape index (κ1) is 88.1. The molecule has 98 heavy (non-hydrogen) atoms. The Balaban J connectivity index is 0.000000383. The molecule has 14 rings (SSSR count). The molecule has 532 valence electrons. The number of anilines is 6. The molecule has 6 aliphatic heterocycles. The maximum absolute atomic E-state index is 11.7. The van der Waals surface area contributed by atoms with Gasteiger partial charge >= 0.3 is 29.6 Å². The van der Waals surface area contributed by atoms with Crippen molar-refractivity contribution in [2.45, 2.75) is 211 Å². The number of nitrogens with one attached hydrogen (secondary N) is 3. The third-order valence-corrected chi connectivity index (χ3v) is 22.2. The Hall–Kier alpha value is -5.95. The molecule has 0 aromatic carbocycles. The van der Waals surface area contributed by atoms with Gasteiger partial charge in [-0.25, -0.2) is 34.9 Å². The van der Waals surface area contributed by atoms with Crippen LogP contribution in [0.4, 0.5) is 34.9 Å². The van der Waals surface area contributed by atoms with E-state index in [0.29, 0.717) is 43.7 Å². The van der Waals surface area contributed by atoms with Crippen LogP contribution in [0.5, 0.6) is 0 Å². The molecular formula is C63H95N20NaO7S7. The van der Waals surface area contributed by atoms with Gasteiger partial charge in [-0.15, -0.1) is 79.4 Å². The van der Waals surface area contributed by atoms with Crippen LogP contribution in [-0.2, 0) is 73.7 Å². The zero-order valence-corrected chi connectivity index (χ0v) is 62.4. The number of rotatable bonds is 0. The second-order valence-corrected chi connectivity index (χ2v) is 31.4. The predicted octanol–water partition coefficient (Wildman–Crippen LogP) is 8.56. The fourth-order valence-corrected chi connectivity index (χ4v) is 17.0. The quantitative estimate of drug-likeness (QED) is 0.0323. The van der Waals surface area contributed by atoms with Crippen molar-refractivity contribution >= 4 is 155 Å². The summed E-state index contributed by atoms with van der Waals surface area (Å²) in [6.45, 7) is 13.7. The summed E-state index contributed by atoms with van der Waals surface area (Å²) in [6.07, 6.45) is 14.2. The van der Waals surface area contributed by atoms with E-state index in [1.807, 2.05) is 55.5 Å². The molecule has 4 atom stereocenters. The molecular weight excluding hydrogens is 1400 g/mol. The van der Waals surface area contributed by atoms with Gasteiger partial charge in [-0.2, -0.15) is 0 Å². The molecule has 7 aromatic heterocycles. The first-order valence-electron chi connectivity index (χ1n) is 30.2. The molecule has 0 fully saturated rings. The van der Waals surface area contributed by atoms with E-state index in [1.54, 1.807) is 108 Å². The number of hydrogen-bond donors (Lipinski definition) is 7. The van der Waals surface area contributed by atoms with E-state index in [2.05, 4.69) is 50.8 Å². The van der Waals surface area contributed by atoms with E-state index in [1.165, 1.54) is 29.3 Å². The normalized spacial score (nSPS) is 18.4. The van der Waals surface area contributed by atoms with E-state index in [0.717, 1.165) is 151 Å². The van der Waals surface area contributed by atoms with Crippen LogP contribution in [0.1, 0.15) is 174 Å². The number of likely N-dealkylation sites (N-methyl/N-ethyl adjacent to an activating group) is 2. The molecule has 35 heteroatoms. The zero-order valence-electron chi connectivity index (χ0n) is 54.7. The minimum Gasteiger partial charge on any atom is -0.373 e. The van der Waals surface area contributed by atoms with Gasteiger partial charge in [0.2, 0.25) is 35.4 Å². The molecule has 2 unspecified atom stereocenters. The Bertz CT molecular complexity index is 3720. The maximum Gasteiger partial charge on any atom is 1.00 e. The number of hydrogen-bond acceptors (Lipinski definition) is 25. The summed E-state index contributed by atoms with van der Waals surface area (Å²) in [7, 11) is 5.29. The van der Waals surface area contributed by atoms with E-state index in [4.69, 9.17) is 34.0 Å². The largest absolute Gasteiger partial charge is 1.00 e. The summed E-state index contributed by atoms with van der Waals surface area (Å²) in [6, 6.07) is -1.52. The smallest absolute Gasteiger partial charge is 0.373 e. The third kappa shape index (κ3) is 24.1. The standard InChI is InChI=1S/2C9H13N3OS.C9H12N2OS.2C8H11N3OS.C8H10N2OS.C8H9NOS.4CH4.N3.Na/c2*1-5-11-8-7(14-5)4-3-6(10)9(13)12(8)2;1-6-10-9-7(13-6)4-3-5-8(12)11(9)2;2*1-4-10-7-6(13-4)3-2-5(9)8(12)11-7;1-5-9-8-6(12-5)3-2-4-7(11)10-8;1-5-9-8-6(10)3-2-4-7(8)11-5;;;;;1-3-2;/h2*6H,3-4,10H2,1-2H3;3-5H2,1-2H3;2*5H,2-3,9H2,1H3,(H,11,12);2-4H2,1H3,(H,10,11);2-4H2,1H3;4*1H4;;/q;;;;;;;;;;;-1;+1/t6-;;;5-;;;;;;;;;/m0..0........./s1. The average molecular weight is 1490 g/mol. The van der Waals surface area contributed by atoms with E-state index < -0.39 is 0 Å². The van der Waals surface area contributed by atoms with Crippen molar-refractivity contribution in [3.8, 4) is 0 Å². The SMILES string of the molecule is C.C.C.C.Cc1nc2c(s1)CCC(N)C(=O)N2.Cc1nc2c(s1)CCC(N)C(=O)N2C.Cc1nc2c(s1)CCCC(=O)N2.Cc1nc2c(s1)CCCC(=O)N2C.Cc1nc2c(s1)CCCC2=O.Cc1nc2c(s1)CC[C@H](N)C(=O)N2.Cc1nc2c(s1)CC[C@H](N)C(=O)N2C.[N-]=[N+]=[N-].[Na+]. The number of carbonyl (C=O) groups is 7. The molecule has 0 radical (unpaired) electrons. The van der Waals surface area contributed by atoms with Crippen LogP contribution in [0.2, 0.25) is 0 Å². The average Bonchev–Trinajstić information content (AvgIpc) is 1.69. The van der Waals surface area contributed by atoms with Crippen molar-refractivity contribution in [3.05, 3.63) is 90.9 Å². The van der Waals surface area contributed by atoms with Gasteiger partial charge in [0.15, 0.2) is 5.78 Å².